The molecule has 4 N–H and O–H groups in total. The summed E-state index contributed by atoms with van der Waals surface area (Å²) in [5.74, 6) is 0.0719. The van der Waals surface area contributed by atoms with E-state index in [0.29, 0.717) is 17.7 Å². The first-order chi connectivity index (χ1) is 8.41. The maximum atomic E-state index is 12.1. The Kier molecular flexibility index (Phi) is 4.73. The number of phenols is 1. The number of carbonyl (C=O) groups is 1. The highest BCUT2D eigenvalue weighted by Gasteiger charge is 2.23. The van der Waals surface area contributed by atoms with Gasteiger partial charge in [-0.15, -0.1) is 0 Å². The molecule has 0 aliphatic rings. The zero-order valence-electron chi connectivity index (χ0n) is 11.3. The summed E-state index contributed by atoms with van der Waals surface area (Å²) in [4.78, 5) is 12.1. The van der Waals surface area contributed by atoms with Crippen LogP contribution in [0.1, 0.15) is 42.6 Å². The zero-order valence-corrected chi connectivity index (χ0v) is 11.3. The van der Waals surface area contributed by atoms with Gasteiger partial charge in [0.05, 0.1) is 0 Å². The Morgan fingerprint density at radius 3 is 2.67 bits per heavy atom. The van der Waals surface area contributed by atoms with E-state index in [1.165, 1.54) is 6.07 Å². The third kappa shape index (κ3) is 3.47. The van der Waals surface area contributed by atoms with E-state index in [9.17, 15) is 9.90 Å². The lowest BCUT2D eigenvalue weighted by Gasteiger charge is -2.29. The Balaban J connectivity index is 2.84. The van der Waals surface area contributed by atoms with Crippen LogP contribution < -0.4 is 11.1 Å². The lowest BCUT2D eigenvalue weighted by molar-refractivity contribution is 0.0900. The first kappa shape index (κ1) is 14.5. The molecule has 0 spiro atoms. The molecular weight excluding hydrogens is 228 g/mol. The maximum Gasteiger partial charge on any atom is 0.251 e. The average Bonchev–Trinajstić information content (AvgIpc) is 2.32. The van der Waals surface area contributed by atoms with Gasteiger partial charge in [-0.05, 0) is 57.0 Å². The van der Waals surface area contributed by atoms with Gasteiger partial charge >= 0.3 is 0 Å². The van der Waals surface area contributed by atoms with Crippen molar-refractivity contribution in [1.82, 2.24) is 5.32 Å². The van der Waals surface area contributed by atoms with Crippen LogP contribution in [0.25, 0.3) is 0 Å². The van der Waals surface area contributed by atoms with E-state index in [4.69, 9.17) is 5.73 Å². The minimum absolute atomic E-state index is 0.129. The molecule has 18 heavy (non-hydrogen) atoms. The summed E-state index contributed by atoms with van der Waals surface area (Å²) in [7, 11) is 0. The SMILES string of the molecule is CCC(C)(CCN)NC(=O)c1ccc(O)c(C)c1. The van der Waals surface area contributed by atoms with Crippen molar-refractivity contribution in [3.63, 3.8) is 0 Å². The van der Waals surface area contributed by atoms with Crippen molar-refractivity contribution in [1.29, 1.82) is 0 Å². The van der Waals surface area contributed by atoms with E-state index in [1.54, 1.807) is 19.1 Å². The molecule has 0 fully saturated rings. The van der Waals surface area contributed by atoms with E-state index >= 15 is 0 Å². The van der Waals surface area contributed by atoms with Crippen molar-refractivity contribution in [3.05, 3.63) is 29.3 Å². The number of carbonyl (C=O) groups excluding carboxylic acids is 1. The highest BCUT2D eigenvalue weighted by Crippen LogP contribution is 2.19. The first-order valence-corrected chi connectivity index (χ1v) is 6.24. The van der Waals surface area contributed by atoms with Gasteiger partial charge in [0.2, 0.25) is 0 Å². The zero-order chi connectivity index (χ0) is 13.8. The van der Waals surface area contributed by atoms with Crippen LogP contribution in [-0.2, 0) is 0 Å². The fourth-order valence-electron chi connectivity index (χ4n) is 1.79. The van der Waals surface area contributed by atoms with Crippen molar-refractivity contribution >= 4 is 5.91 Å². The Morgan fingerprint density at radius 1 is 1.50 bits per heavy atom. The third-order valence-electron chi connectivity index (χ3n) is 3.35. The second-order valence-corrected chi connectivity index (χ2v) is 4.91. The van der Waals surface area contributed by atoms with E-state index in [0.717, 1.165) is 12.8 Å². The fourth-order valence-corrected chi connectivity index (χ4v) is 1.79. The van der Waals surface area contributed by atoms with E-state index < -0.39 is 0 Å². The van der Waals surface area contributed by atoms with Gasteiger partial charge in [-0.25, -0.2) is 0 Å². The predicted molar refractivity (Wildman–Crippen MR) is 72.7 cm³/mol. The molecule has 1 aromatic rings. The Morgan fingerprint density at radius 2 is 2.17 bits per heavy atom. The Hall–Kier alpha value is -1.55. The molecule has 4 heteroatoms. The number of hydrogen-bond acceptors (Lipinski definition) is 3. The van der Waals surface area contributed by atoms with E-state index in [-0.39, 0.29) is 17.2 Å². The van der Waals surface area contributed by atoms with Crippen LogP contribution in [0.2, 0.25) is 0 Å². The largest absolute Gasteiger partial charge is 0.508 e. The molecule has 0 saturated heterocycles. The molecule has 100 valence electrons. The average molecular weight is 250 g/mol. The third-order valence-corrected chi connectivity index (χ3v) is 3.35. The quantitative estimate of drug-likeness (QED) is 0.747. The van der Waals surface area contributed by atoms with Gasteiger partial charge in [0.15, 0.2) is 0 Å². The van der Waals surface area contributed by atoms with Crippen molar-refractivity contribution in [2.75, 3.05) is 6.54 Å². The lowest BCUT2D eigenvalue weighted by atomic mass is 9.94. The van der Waals surface area contributed by atoms with Crippen LogP contribution in [0.15, 0.2) is 18.2 Å². The van der Waals surface area contributed by atoms with Crippen LogP contribution in [0.3, 0.4) is 0 Å². The highest BCUT2D eigenvalue weighted by atomic mass is 16.3. The van der Waals surface area contributed by atoms with Gasteiger partial charge in [-0.1, -0.05) is 6.92 Å². The van der Waals surface area contributed by atoms with Crippen LogP contribution in [0.4, 0.5) is 0 Å². The minimum Gasteiger partial charge on any atom is -0.508 e. The van der Waals surface area contributed by atoms with E-state index in [1.807, 2.05) is 13.8 Å². The molecule has 0 bridgehead atoms. The number of aromatic hydroxyl groups is 1. The predicted octanol–water partition coefficient (Wildman–Crippen LogP) is 1.95. The molecule has 1 aromatic carbocycles. The van der Waals surface area contributed by atoms with E-state index in [2.05, 4.69) is 5.32 Å². The van der Waals surface area contributed by atoms with Crippen molar-refractivity contribution in [2.24, 2.45) is 5.73 Å². The summed E-state index contributed by atoms with van der Waals surface area (Å²) in [5.41, 5.74) is 6.54. The molecule has 4 nitrogen and oxygen atoms in total. The number of aryl methyl sites for hydroxylation is 1. The van der Waals surface area contributed by atoms with Crippen molar-refractivity contribution < 1.29 is 9.90 Å². The second-order valence-electron chi connectivity index (χ2n) is 4.91. The summed E-state index contributed by atoms with van der Waals surface area (Å²) in [5, 5.41) is 12.4. The van der Waals surface area contributed by atoms with Gasteiger partial charge in [-0.2, -0.15) is 0 Å². The summed E-state index contributed by atoms with van der Waals surface area (Å²) in [6.45, 7) is 6.33. The standard InChI is InChI=1S/C14H22N2O2/c1-4-14(3,7-8-15)16-13(18)11-5-6-12(17)10(2)9-11/h5-6,9,17H,4,7-8,15H2,1-3H3,(H,16,18). The first-order valence-electron chi connectivity index (χ1n) is 6.24. The lowest BCUT2D eigenvalue weighted by Crippen LogP contribution is -2.46. The summed E-state index contributed by atoms with van der Waals surface area (Å²) < 4.78 is 0. The molecule has 0 aromatic heterocycles. The Bertz CT molecular complexity index is 432. The highest BCUT2D eigenvalue weighted by molar-refractivity contribution is 5.95. The number of amides is 1. The van der Waals surface area contributed by atoms with Crippen molar-refractivity contribution in [3.8, 4) is 5.75 Å². The second kappa shape index (κ2) is 5.87. The van der Waals surface area contributed by atoms with Gasteiger partial charge in [0.25, 0.3) is 5.91 Å². The minimum atomic E-state index is -0.280. The maximum absolute atomic E-state index is 12.1. The molecule has 0 heterocycles. The number of benzene rings is 1. The molecule has 0 aliphatic heterocycles. The van der Waals surface area contributed by atoms with Crippen LogP contribution in [0.5, 0.6) is 5.75 Å². The fraction of sp³-hybridized carbons (Fsp3) is 0.500. The summed E-state index contributed by atoms with van der Waals surface area (Å²) in [6.07, 6.45) is 1.57. The number of nitrogens with two attached hydrogens (primary N) is 1. The monoisotopic (exact) mass is 250 g/mol. The topological polar surface area (TPSA) is 75.3 Å². The summed E-state index contributed by atoms with van der Waals surface area (Å²) in [6, 6.07) is 4.84. The molecule has 0 aliphatic carbocycles. The van der Waals surface area contributed by atoms with Gasteiger partial charge < -0.3 is 16.2 Å². The molecule has 0 radical (unpaired) electrons. The van der Waals surface area contributed by atoms with Gasteiger partial charge in [0.1, 0.15) is 5.75 Å². The molecule has 1 rings (SSSR count). The van der Waals surface area contributed by atoms with Crippen molar-refractivity contribution in [2.45, 2.75) is 39.2 Å². The van der Waals surface area contributed by atoms with Crippen LogP contribution in [0, 0.1) is 6.92 Å². The number of phenolic OH excluding ortho intramolecular Hbond substituents is 1. The molecule has 1 amide bonds. The summed E-state index contributed by atoms with van der Waals surface area (Å²) >= 11 is 0. The number of hydrogen-bond donors (Lipinski definition) is 3. The van der Waals surface area contributed by atoms with Crippen LogP contribution in [-0.4, -0.2) is 23.1 Å². The Labute approximate surface area is 108 Å². The van der Waals surface area contributed by atoms with Crippen LogP contribution >= 0.6 is 0 Å². The molecule has 1 unspecified atom stereocenters. The molecule has 1 atom stereocenters. The smallest absolute Gasteiger partial charge is 0.251 e. The van der Waals surface area contributed by atoms with Gasteiger partial charge in [0, 0.05) is 11.1 Å². The number of rotatable bonds is 5. The normalized spacial score (nSPS) is 14.0. The number of nitrogens with one attached hydrogen (secondary N) is 1. The van der Waals surface area contributed by atoms with Gasteiger partial charge in [-0.3, -0.25) is 4.79 Å². The molecular formula is C14H22N2O2. The molecule has 0 saturated carbocycles.